The Kier molecular flexibility index (Phi) is 3.97. The number of aldehydes is 1. The standard InChI is InChI=1S/C17H13BrN2O/c18-16-9-5-4-8-14(16)11-20-17(15(12-21)10-19-20)13-6-2-1-3-7-13/h1-10,12H,11H2. The minimum absolute atomic E-state index is 0.605. The summed E-state index contributed by atoms with van der Waals surface area (Å²) >= 11 is 3.55. The quantitative estimate of drug-likeness (QED) is 0.668. The van der Waals surface area contributed by atoms with Crippen LogP contribution in [0.4, 0.5) is 0 Å². The molecule has 0 saturated heterocycles. The van der Waals surface area contributed by atoms with Gasteiger partial charge in [-0.1, -0.05) is 64.5 Å². The van der Waals surface area contributed by atoms with E-state index in [2.05, 4.69) is 21.0 Å². The van der Waals surface area contributed by atoms with Crippen LogP contribution in [0.25, 0.3) is 11.3 Å². The van der Waals surface area contributed by atoms with Gasteiger partial charge in [0.25, 0.3) is 0 Å². The molecule has 4 heteroatoms. The number of hydrogen-bond acceptors (Lipinski definition) is 2. The van der Waals surface area contributed by atoms with E-state index in [-0.39, 0.29) is 0 Å². The highest BCUT2D eigenvalue weighted by Gasteiger charge is 2.13. The summed E-state index contributed by atoms with van der Waals surface area (Å²) in [6, 6.07) is 17.9. The van der Waals surface area contributed by atoms with Gasteiger partial charge in [-0.15, -0.1) is 0 Å². The Morgan fingerprint density at radius 3 is 2.48 bits per heavy atom. The lowest BCUT2D eigenvalue weighted by Gasteiger charge is -2.10. The molecule has 0 amide bonds. The van der Waals surface area contributed by atoms with Crippen LogP contribution in [0.1, 0.15) is 15.9 Å². The van der Waals surface area contributed by atoms with Gasteiger partial charge >= 0.3 is 0 Å². The second-order valence-corrected chi connectivity index (χ2v) is 5.54. The third-order valence-electron chi connectivity index (χ3n) is 3.32. The fraction of sp³-hybridized carbons (Fsp3) is 0.0588. The smallest absolute Gasteiger partial charge is 0.153 e. The Labute approximate surface area is 131 Å². The molecule has 3 aromatic rings. The van der Waals surface area contributed by atoms with Gasteiger partial charge in [-0.05, 0) is 11.6 Å². The predicted octanol–water partition coefficient (Wildman–Crippen LogP) is 4.17. The normalized spacial score (nSPS) is 10.5. The van der Waals surface area contributed by atoms with E-state index >= 15 is 0 Å². The van der Waals surface area contributed by atoms with Crippen molar-refractivity contribution in [2.45, 2.75) is 6.54 Å². The summed E-state index contributed by atoms with van der Waals surface area (Å²) in [5.74, 6) is 0. The molecule has 3 rings (SSSR count). The van der Waals surface area contributed by atoms with Crippen LogP contribution >= 0.6 is 15.9 Å². The predicted molar refractivity (Wildman–Crippen MR) is 86.3 cm³/mol. The topological polar surface area (TPSA) is 34.9 Å². The molecule has 0 N–H and O–H groups in total. The second kappa shape index (κ2) is 6.06. The van der Waals surface area contributed by atoms with E-state index in [0.29, 0.717) is 12.1 Å². The van der Waals surface area contributed by atoms with Crippen molar-refractivity contribution in [2.75, 3.05) is 0 Å². The highest BCUT2D eigenvalue weighted by molar-refractivity contribution is 9.10. The zero-order valence-corrected chi connectivity index (χ0v) is 12.8. The molecular weight excluding hydrogens is 328 g/mol. The Morgan fingerprint density at radius 2 is 1.76 bits per heavy atom. The molecule has 0 aliphatic carbocycles. The molecule has 0 spiro atoms. The van der Waals surface area contributed by atoms with Crippen molar-refractivity contribution in [1.82, 2.24) is 9.78 Å². The molecule has 1 aromatic heterocycles. The lowest BCUT2D eigenvalue weighted by molar-refractivity contribution is 0.112. The number of rotatable bonds is 4. The van der Waals surface area contributed by atoms with Gasteiger partial charge in [-0.3, -0.25) is 9.48 Å². The van der Waals surface area contributed by atoms with Gasteiger partial charge in [-0.25, -0.2) is 0 Å². The highest BCUT2D eigenvalue weighted by Crippen LogP contribution is 2.25. The van der Waals surface area contributed by atoms with Crippen molar-refractivity contribution >= 4 is 22.2 Å². The Morgan fingerprint density at radius 1 is 1.05 bits per heavy atom. The number of carbonyl (C=O) groups excluding carboxylic acids is 1. The van der Waals surface area contributed by atoms with E-state index in [4.69, 9.17) is 0 Å². The minimum Gasteiger partial charge on any atom is -0.298 e. The van der Waals surface area contributed by atoms with Crippen LogP contribution in [0.2, 0.25) is 0 Å². The molecular formula is C17H13BrN2O. The third kappa shape index (κ3) is 2.81. The molecule has 2 aromatic carbocycles. The van der Waals surface area contributed by atoms with Crippen LogP contribution < -0.4 is 0 Å². The van der Waals surface area contributed by atoms with Gasteiger partial charge in [0.2, 0.25) is 0 Å². The lowest BCUT2D eigenvalue weighted by atomic mass is 10.1. The van der Waals surface area contributed by atoms with Crippen molar-refractivity contribution in [3.05, 3.63) is 76.4 Å². The molecule has 0 unspecified atom stereocenters. The minimum atomic E-state index is 0.605. The van der Waals surface area contributed by atoms with Gasteiger partial charge in [0.05, 0.1) is 24.0 Å². The molecule has 1 heterocycles. The molecule has 0 aliphatic rings. The van der Waals surface area contributed by atoms with Crippen LogP contribution in [0.3, 0.4) is 0 Å². The first-order chi connectivity index (χ1) is 10.3. The molecule has 0 bridgehead atoms. The number of carbonyl (C=O) groups is 1. The SMILES string of the molecule is O=Cc1cnn(Cc2ccccc2Br)c1-c1ccccc1. The van der Waals surface area contributed by atoms with E-state index in [1.807, 2.05) is 59.3 Å². The molecule has 0 atom stereocenters. The summed E-state index contributed by atoms with van der Waals surface area (Å²) < 4.78 is 2.89. The maximum atomic E-state index is 11.3. The number of aromatic nitrogens is 2. The molecule has 0 saturated carbocycles. The van der Waals surface area contributed by atoms with Crippen LogP contribution in [-0.4, -0.2) is 16.1 Å². The van der Waals surface area contributed by atoms with E-state index in [9.17, 15) is 4.79 Å². The monoisotopic (exact) mass is 340 g/mol. The van der Waals surface area contributed by atoms with E-state index in [1.165, 1.54) is 0 Å². The summed E-state index contributed by atoms with van der Waals surface area (Å²) in [6.45, 7) is 0.611. The molecule has 0 radical (unpaired) electrons. The van der Waals surface area contributed by atoms with E-state index in [0.717, 1.165) is 27.6 Å². The van der Waals surface area contributed by atoms with Crippen molar-refractivity contribution in [1.29, 1.82) is 0 Å². The molecule has 0 fully saturated rings. The fourth-order valence-electron chi connectivity index (χ4n) is 2.31. The first-order valence-corrected chi connectivity index (χ1v) is 7.38. The number of halogens is 1. The average molecular weight is 341 g/mol. The van der Waals surface area contributed by atoms with Crippen LogP contribution in [0, 0.1) is 0 Å². The Bertz CT molecular complexity index is 765. The summed E-state index contributed by atoms with van der Waals surface area (Å²) in [5.41, 5.74) is 3.56. The molecule has 21 heavy (non-hydrogen) atoms. The van der Waals surface area contributed by atoms with Gasteiger partial charge in [-0.2, -0.15) is 5.10 Å². The van der Waals surface area contributed by atoms with Crippen molar-refractivity contribution in [2.24, 2.45) is 0 Å². The number of benzene rings is 2. The largest absolute Gasteiger partial charge is 0.298 e. The molecule has 0 aliphatic heterocycles. The van der Waals surface area contributed by atoms with Gasteiger partial charge in [0.15, 0.2) is 6.29 Å². The third-order valence-corrected chi connectivity index (χ3v) is 4.09. The van der Waals surface area contributed by atoms with Gasteiger partial charge in [0.1, 0.15) is 0 Å². The Balaban J connectivity index is 2.06. The molecule has 104 valence electrons. The number of hydrogen-bond donors (Lipinski definition) is 0. The van der Waals surface area contributed by atoms with E-state index < -0.39 is 0 Å². The maximum Gasteiger partial charge on any atom is 0.153 e. The fourth-order valence-corrected chi connectivity index (χ4v) is 2.72. The van der Waals surface area contributed by atoms with Crippen molar-refractivity contribution < 1.29 is 4.79 Å². The average Bonchev–Trinajstić information content (AvgIpc) is 2.93. The van der Waals surface area contributed by atoms with Crippen molar-refractivity contribution in [3.8, 4) is 11.3 Å². The van der Waals surface area contributed by atoms with Crippen LogP contribution in [0.5, 0.6) is 0 Å². The van der Waals surface area contributed by atoms with Crippen LogP contribution in [-0.2, 0) is 6.54 Å². The van der Waals surface area contributed by atoms with Gasteiger partial charge < -0.3 is 0 Å². The first kappa shape index (κ1) is 13.8. The second-order valence-electron chi connectivity index (χ2n) is 4.68. The maximum absolute atomic E-state index is 11.3. The van der Waals surface area contributed by atoms with Crippen LogP contribution in [0.15, 0.2) is 65.3 Å². The Hall–Kier alpha value is -2.20. The zero-order valence-electron chi connectivity index (χ0n) is 11.2. The highest BCUT2D eigenvalue weighted by atomic mass is 79.9. The van der Waals surface area contributed by atoms with Gasteiger partial charge in [0, 0.05) is 10.0 Å². The van der Waals surface area contributed by atoms with Crippen molar-refractivity contribution in [3.63, 3.8) is 0 Å². The summed E-state index contributed by atoms with van der Waals surface area (Å²) in [5, 5.41) is 4.36. The number of nitrogens with zero attached hydrogens (tertiary/aromatic N) is 2. The summed E-state index contributed by atoms with van der Waals surface area (Å²) in [7, 11) is 0. The summed E-state index contributed by atoms with van der Waals surface area (Å²) in [6.07, 6.45) is 2.47. The lowest BCUT2D eigenvalue weighted by Crippen LogP contribution is -2.05. The zero-order chi connectivity index (χ0) is 14.7. The summed E-state index contributed by atoms with van der Waals surface area (Å²) in [4.78, 5) is 11.3. The van der Waals surface area contributed by atoms with E-state index in [1.54, 1.807) is 6.20 Å². The first-order valence-electron chi connectivity index (χ1n) is 6.59. The molecule has 3 nitrogen and oxygen atoms in total.